The summed E-state index contributed by atoms with van der Waals surface area (Å²) in [6.45, 7) is 4.33. The maximum Gasteiger partial charge on any atom is 0.268 e. The van der Waals surface area contributed by atoms with Crippen molar-refractivity contribution in [2.75, 3.05) is 33.8 Å². The van der Waals surface area contributed by atoms with E-state index in [9.17, 15) is 9.46 Å². The molecule has 31 heavy (non-hydrogen) atoms. The Kier molecular flexibility index (Phi) is 16.5. The van der Waals surface area contributed by atoms with Gasteiger partial charge in [-0.05, 0) is 19.3 Å². The fourth-order valence-electron chi connectivity index (χ4n) is 4.61. The topological polar surface area (TPSA) is 58.6 Å². The molecule has 0 spiro atoms. The molecule has 0 aromatic heterocycles. The number of hydrogen-bond acceptors (Lipinski definition) is 4. The molecule has 1 rings (SSSR count). The lowest BCUT2D eigenvalue weighted by molar-refractivity contribution is -0.898. The van der Waals surface area contributed by atoms with E-state index < -0.39 is 7.82 Å². The van der Waals surface area contributed by atoms with Crippen LogP contribution in [0.15, 0.2) is 0 Å². The van der Waals surface area contributed by atoms with Crippen molar-refractivity contribution < 1.29 is 23.0 Å². The Morgan fingerprint density at radius 1 is 0.806 bits per heavy atom. The first-order valence-electron chi connectivity index (χ1n) is 13.3. The summed E-state index contributed by atoms with van der Waals surface area (Å²) in [4.78, 5) is 12.0. The van der Waals surface area contributed by atoms with Crippen molar-refractivity contribution in [2.24, 2.45) is 0 Å². The fourth-order valence-corrected chi connectivity index (χ4v) is 5.56. The van der Waals surface area contributed by atoms with Crippen LogP contribution in [0.4, 0.5) is 0 Å². The molecule has 0 radical (unpaired) electrons. The number of phosphoric acid groups is 1. The zero-order chi connectivity index (χ0) is 22.8. The van der Waals surface area contributed by atoms with Gasteiger partial charge in [0.25, 0.3) is 7.82 Å². The molecule has 0 aromatic carbocycles. The van der Waals surface area contributed by atoms with E-state index in [1.54, 1.807) is 0 Å². The monoisotopic (exact) mass is 461 g/mol. The molecule has 1 heterocycles. The van der Waals surface area contributed by atoms with Crippen LogP contribution in [0.25, 0.3) is 0 Å². The summed E-state index contributed by atoms with van der Waals surface area (Å²) in [5, 5.41) is 0. The molecule has 0 saturated carbocycles. The average molecular weight is 462 g/mol. The third-order valence-corrected chi connectivity index (χ3v) is 7.57. The molecule has 186 valence electrons. The summed E-state index contributed by atoms with van der Waals surface area (Å²) >= 11 is 0. The molecule has 5 nitrogen and oxygen atoms in total. The highest BCUT2D eigenvalue weighted by atomic mass is 31.2. The van der Waals surface area contributed by atoms with Gasteiger partial charge >= 0.3 is 0 Å². The van der Waals surface area contributed by atoms with E-state index in [1.165, 1.54) is 89.9 Å². The third-order valence-electron chi connectivity index (χ3n) is 6.51. The second kappa shape index (κ2) is 17.5. The number of nitrogens with zero attached hydrogens (tertiary/aromatic N) is 1. The first-order valence-corrected chi connectivity index (χ1v) is 14.8. The van der Waals surface area contributed by atoms with E-state index >= 15 is 0 Å². The minimum absolute atomic E-state index is 0.238. The smallest absolute Gasteiger partial charge is 0.268 e. The summed E-state index contributed by atoms with van der Waals surface area (Å²) in [6.07, 6.45) is 22.4. The number of likely N-dealkylation sites (N-methyl/N-ethyl adjacent to an activating group) is 1. The van der Waals surface area contributed by atoms with Crippen LogP contribution in [0.2, 0.25) is 0 Å². The highest BCUT2D eigenvalue weighted by Crippen LogP contribution is 2.41. The van der Waals surface area contributed by atoms with E-state index in [0.29, 0.717) is 0 Å². The Hall–Kier alpha value is 0.0700. The lowest BCUT2D eigenvalue weighted by Gasteiger charge is -2.39. The Balaban J connectivity index is 1.85. The normalized spacial score (nSPS) is 20.6. The van der Waals surface area contributed by atoms with Crippen LogP contribution in [0.1, 0.15) is 122 Å². The number of piperidine rings is 1. The minimum atomic E-state index is -4.17. The van der Waals surface area contributed by atoms with E-state index in [-0.39, 0.29) is 12.7 Å². The molecule has 6 heteroatoms. The maximum absolute atomic E-state index is 12.0. The van der Waals surface area contributed by atoms with Gasteiger partial charge < -0.3 is 18.4 Å². The lowest BCUT2D eigenvalue weighted by atomic mass is 10.0. The first kappa shape index (κ1) is 29.1. The Bertz CT molecular complexity index is 472. The van der Waals surface area contributed by atoms with Gasteiger partial charge in [0.1, 0.15) is 12.6 Å². The van der Waals surface area contributed by atoms with Crippen LogP contribution in [0, 0.1) is 0 Å². The summed E-state index contributed by atoms with van der Waals surface area (Å²) in [7, 11) is 0.0602. The molecule has 2 unspecified atom stereocenters. The standard InChI is InChI=1S/C25H52NO4P/c1-4-5-6-7-8-9-10-11-12-13-14-15-16-17-18-19-23-29-31(27,28)30-25-21-20-22-26(2,3)24-25/h25H,4-24H2,1-3H3. The molecule has 0 bridgehead atoms. The van der Waals surface area contributed by atoms with Crippen LogP contribution < -0.4 is 4.89 Å². The van der Waals surface area contributed by atoms with Crippen molar-refractivity contribution in [3.8, 4) is 0 Å². The van der Waals surface area contributed by atoms with Crippen LogP contribution in [-0.4, -0.2) is 44.4 Å². The number of rotatable bonds is 20. The molecular formula is C25H52NO4P. The predicted octanol–water partition coefficient (Wildman–Crippen LogP) is 6.99. The van der Waals surface area contributed by atoms with Crippen LogP contribution in [0.5, 0.6) is 0 Å². The second-order valence-corrected chi connectivity index (χ2v) is 11.7. The SMILES string of the molecule is CCCCCCCCCCCCCCCCCCOP(=O)([O-])OC1CCC[N+](C)(C)C1. The van der Waals surface area contributed by atoms with Gasteiger partial charge in [0.2, 0.25) is 0 Å². The van der Waals surface area contributed by atoms with E-state index in [0.717, 1.165) is 43.3 Å². The number of likely N-dealkylation sites (tertiary alicyclic amines) is 1. The molecule has 0 aliphatic carbocycles. The van der Waals surface area contributed by atoms with E-state index in [2.05, 4.69) is 21.0 Å². The lowest BCUT2D eigenvalue weighted by Crippen LogP contribution is -2.50. The van der Waals surface area contributed by atoms with Gasteiger partial charge in [-0.3, -0.25) is 4.57 Å². The Morgan fingerprint density at radius 3 is 1.71 bits per heavy atom. The molecule has 0 N–H and O–H groups in total. The molecule has 1 fully saturated rings. The number of phosphoric ester groups is 1. The van der Waals surface area contributed by atoms with Crippen LogP contribution in [0.3, 0.4) is 0 Å². The van der Waals surface area contributed by atoms with Gasteiger partial charge in [0.05, 0.1) is 27.2 Å². The molecule has 0 aromatic rings. The van der Waals surface area contributed by atoms with Crippen molar-refractivity contribution in [3.05, 3.63) is 0 Å². The van der Waals surface area contributed by atoms with Crippen molar-refractivity contribution in [3.63, 3.8) is 0 Å². The highest BCUT2D eigenvalue weighted by Gasteiger charge is 2.30. The Labute approximate surface area is 193 Å². The van der Waals surface area contributed by atoms with Crippen molar-refractivity contribution in [2.45, 2.75) is 129 Å². The van der Waals surface area contributed by atoms with Crippen LogP contribution >= 0.6 is 7.82 Å². The van der Waals surface area contributed by atoms with Crippen molar-refractivity contribution >= 4 is 7.82 Å². The minimum Gasteiger partial charge on any atom is -0.756 e. The van der Waals surface area contributed by atoms with Crippen molar-refractivity contribution in [1.29, 1.82) is 0 Å². The summed E-state index contributed by atoms with van der Waals surface area (Å²) in [6, 6.07) is 0. The zero-order valence-corrected chi connectivity index (χ0v) is 21.8. The Morgan fingerprint density at radius 2 is 1.26 bits per heavy atom. The molecule has 1 saturated heterocycles. The van der Waals surface area contributed by atoms with E-state index in [1.807, 2.05) is 0 Å². The highest BCUT2D eigenvalue weighted by molar-refractivity contribution is 7.45. The number of hydrogen-bond donors (Lipinski definition) is 0. The molecule has 1 aliphatic heterocycles. The molecule has 1 aliphatic rings. The third kappa shape index (κ3) is 17.2. The van der Waals surface area contributed by atoms with E-state index in [4.69, 9.17) is 9.05 Å². The maximum atomic E-state index is 12.0. The largest absolute Gasteiger partial charge is 0.756 e. The average Bonchev–Trinajstić information content (AvgIpc) is 2.69. The predicted molar refractivity (Wildman–Crippen MR) is 129 cm³/mol. The second-order valence-electron chi connectivity index (χ2n) is 10.3. The number of quaternary nitrogens is 1. The van der Waals surface area contributed by atoms with Gasteiger partial charge in [0.15, 0.2) is 0 Å². The summed E-state index contributed by atoms with van der Waals surface area (Å²) in [5.74, 6) is 0. The molecular weight excluding hydrogens is 409 g/mol. The van der Waals surface area contributed by atoms with Crippen LogP contribution in [-0.2, 0) is 13.6 Å². The van der Waals surface area contributed by atoms with Gasteiger partial charge in [-0.25, -0.2) is 0 Å². The van der Waals surface area contributed by atoms with Crippen molar-refractivity contribution in [1.82, 2.24) is 0 Å². The fraction of sp³-hybridized carbons (Fsp3) is 1.00. The quantitative estimate of drug-likeness (QED) is 0.111. The van der Waals surface area contributed by atoms with Gasteiger partial charge in [-0.15, -0.1) is 0 Å². The molecule has 2 atom stereocenters. The van der Waals surface area contributed by atoms with Gasteiger partial charge in [-0.1, -0.05) is 103 Å². The number of unbranched alkanes of at least 4 members (excludes halogenated alkanes) is 15. The first-order chi connectivity index (χ1) is 14.8. The van der Waals surface area contributed by atoms with Gasteiger partial charge in [0, 0.05) is 0 Å². The van der Waals surface area contributed by atoms with Gasteiger partial charge in [-0.2, -0.15) is 0 Å². The molecule has 0 amide bonds. The zero-order valence-electron chi connectivity index (χ0n) is 21.0. The summed E-state index contributed by atoms with van der Waals surface area (Å²) < 4.78 is 23.3. The summed E-state index contributed by atoms with van der Waals surface area (Å²) in [5.41, 5.74) is 0.